The van der Waals surface area contributed by atoms with Gasteiger partial charge in [-0.1, -0.05) is 59.9 Å². The van der Waals surface area contributed by atoms with Gasteiger partial charge in [-0.3, -0.25) is 4.79 Å². The first kappa shape index (κ1) is 10.7. The third-order valence-electron chi connectivity index (χ3n) is 1.80. The molecule has 0 aromatic rings. The second-order valence-corrected chi connectivity index (χ2v) is 9.61. The number of carbonyl (C=O) groups is 1. The van der Waals surface area contributed by atoms with Gasteiger partial charge in [-0.15, -0.1) is 0 Å². The lowest BCUT2D eigenvalue weighted by Crippen LogP contribution is -2.28. The van der Waals surface area contributed by atoms with Gasteiger partial charge < -0.3 is 0 Å². The van der Waals surface area contributed by atoms with E-state index in [4.69, 9.17) is 0 Å². The summed E-state index contributed by atoms with van der Waals surface area (Å²) in [5, 5.41) is 0. The standard InChI is InChI=1S/C8H7Br3O/c1-7(8(9,10)11)4-2-6(12)3-5-7/h2-5H,1H3. The molecule has 0 atom stereocenters. The number of carbonyl (C=O) groups excluding carboxylic acids is 1. The maximum atomic E-state index is 10.9. The summed E-state index contributed by atoms with van der Waals surface area (Å²) in [6.07, 6.45) is 6.85. The van der Waals surface area contributed by atoms with E-state index in [-0.39, 0.29) is 11.2 Å². The summed E-state index contributed by atoms with van der Waals surface area (Å²) >= 11 is 10.3. The maximum absolute atomic E-state index is 10.9. The monoisotopic (exact) mass is 356 g/mol. The molecule has 12 heavy (non-hydrogen) atoms. The second-order valence-electron chi connectivity index (χ2n) is 2.85. The van der Waals surface area contributed by atoms with E-state index in [0.29, 0.717) is 0 Å². The average Bonchev–Trinajstić information content (AvgIpc) is 1.93. The summed E-state index contributed by atoms with van der Waals surface area (Å²) in [5.41, 5.74) is -0.235. The van der Waals surface area contributed by atoms with E-state index in [2.05, 4.69) is 47.8 Å². The molecule has 0 aromatic carbocycles. The molecule has 1 nitrogen and oxygen atoms in total. The summed E-state index contributed by atoms with van der Waals surface area (Å²) in [5.74, 6) is 0.0317. The van der Waals surface area contributed by atoms with Crippen LogP contribution in [0.25, 0.3) is 0 Å². The van der Waals surface area contributed by atoms with Gasteiger partial charge in [-0.2, -0.15) is 0 Å². The smallest absolute Gasteiger partial charge is 0.178 e. The summed E-state index contributed by atoms with van der Waals surface area (Å²) in [6.45, 7) is 2.00. The van der Waals surface area contributed by atoms with Crippen molar-refractivity contribution in [1.29, 1.82) is 0 Å². The Morgan fingerprint density at radius 3 is 2.00 bits per heavy atom. The Hall–Kier alpha value is 0.590. The molecule has 0 radical (unpaired) electrons. The van der Waals surface area contributed by atoms with E-state index in [0.717, 1.165) is 0 Å². The molecule has 0 N–H and O–H groups in total. The van der Waals surface area contributed by atoms with Crippen LogP contribution in [0.15, 0.2) is 24.3 Å². The van der Waals surface area contributed by atoms with Crippen molar-refractivity contribution in [1.82, 2.24) is 0 Å². The molecule has 0 amide bonds. The third-order valence-corrected chi connectivity index (χ3v) is 4.36. The van der Waals surface area contributed by atoms with Crippen LogP contribution in [0, 0.1) is 5.41 Å². The highest BCUT2D eigenvalue weighted by molar-refractivity contribution is 9.39. The fraction of sp³-hybridized carbons (Fsp3) is 0.375. The summed E-state index contributed by atoms with van der Waals surface area (Å²) in [7, 11) is 0. The molecule has 0 fully saturated rings. The lowest BCUT2D eigenvalue weighted by atomic mass is 9.88. The van der Waals surface area contributed by atoms with Crippen LogP contribution in [-0.4, -0.2) is 7.93 Å². The number of ketones is 1. The molecule has 1 rings (SSSR count). The zero-order valence-electron chi connectivity index (χ0n) is 6.35. The van der Waals surface area contributed by atoms with Crippen molar-refractivity contribution in [3.8, 4) is 0 Å². The molecule has 0 aliphatic heterocycles. The Labute approximate surface area is 96.7 Å². The molecule has 1 aliphatic rings. The lowest BCUT2D eigenvalue weighted by Gasteiger charge is -2.32. The minimum Gasteiger partial charge on any atom is -0.290 e. The Morgan fingerprint density at radius 2 is 1.67 bits per heavy atom. The van der Waals surface area contributed by atoms with E-state index < -0.39 is 2.14 Å². The highest BCUT2D eigenvalue weighted by Gasteiger charge is 2.39. The van der Waals surface area contributed by atoms with Crippen LogP contribution < -0.4 is 0 Å². The van der Waals surface area contributed by atoms with Gasteiger partial charge in [0, 0.05) is 5.41 Å². The Kier molecular flexibility index (Phi) is 3.01. The van der Waals surface area contributed by atoms with Gasteiger partial charge in [-0.25, -0.2) is 0 Å². The number of alkyl halides is 3. The van der Waals surface area contributed by atoms with Crippen LogP contribution in [0.2, 0.25) is 0 Å². The van der Waals surface area contributed by atoms with Crippen molar-refractivity contribution < 1.29 is 4.79 Å². The third kappa shape index (κ3) is 2.09. The molecule has 4 heteroatoms. The van der Waals surface area contributed by atoms with Crippen molar-refractivity contribution in [3.63, 3.8) is 0 Å². The van der Waals surface area contributed by atoms with Crippen LogP contribution in [0.5, 0.6) is 0 Å². The summed E-state index contributed by atoms with van der Waals surface area (Å²) in [4.78, 5) is 10.9. The summed E-state index contributed by atoms with van der Waals surface area (Å²) in [6, 6.07) is 0. The number of hydrogen-bond donors (Lipinski definition) is 0. The molecule has 0 spiro atoms. The molecule has 0 saturated carbocycles. The maximum Gasteiger partial charge on any atom is 0.178 e. The predicted molar refractivity (Wildman–Crippen MR) is 60.9 cm³/mol. The van der Waals surface area contributed by atoms with Gasteiger partial charge in [0.15, 0.2) is 5.78 Å². The Morgan fingerprint density at radius 1 is 1.25 bits per heavy atom. The minimum atomic E-state index is -0.395. The fourth-order valence-electron chi connectivity index (χ4n) is 0.811. The first-order valence-corrected chi connectivity index (χ1v) is 5.72. The Balaban J connectivity index is 2.97. The van der Waals surface area contributed by atoms with E-state index in [1.54, 1.807) is 12.2 Å². The molecule has 0 saturated heterocycles. The molecule has 0 heterocycles. The van der Waals surface area contributed by atoms with Crippen LogP contribution >= 0.6 is 47.8 Å². The number of halogens is 3. The van der Waals surface area contributed by atoms with E-state index in [9.17, 15) is 4.79 Å². The number of allylic oxidation sites excluding steroid dienone is 4. The zero-order valence-corrected chi connectivity index (χ0v) is 11.1. The van der Waals surface area contributed by atoms with Crippen molar-refractivity contribution in [3.05, 3.63) is 24.3 Å². The molecule has 0 aromatic heterocycles. The van der Waals surface area contributed by atoms with Gasteiger partial charge >= 0.3 is 0 Å². The lowest BCUT2D eigenvalue weighted by molar-refractivity contribution is -0.110. The quantitative estimate of drug-likeness (QED) is 0.605. The fourth-order valence-corrected chi connectivity index (χ4v) is 1.60. The van der Waals surface area contributed by atoms with Gasteiger partial charge in [-0.05, 0) is 19.1 Å². The molecular formula is C8H7Br3O. The topological polar surface area (TPSA) is 17.1 Å². The molecular weight excluding hydrogens is 352 g/mol. The van der Waals surface area contributed by atoms with Crippen molar-refractivity contribution in [2.45, 2.75) is 9.07 Å². The highest BCUT2D eigenvalue weighted by Crippen LogP contribution is 2.51. The number of hydrogen-bond acceptors (Lipinski definition) is 1. The highest BCUT2D eigenvalue weighted by atomic mass is 80.0. The van der Waals surface area contributed by atoms with Crippen LogP contribution in [0.4, 0.5) is 0 Å². The van der Waals surface area contributed by atoms with Crippen LogP contribution in [-0.2, 0) is 4.79 Å². The SMILES string of the molecule is CC1(C(Br)(Br)Br)C=CC(=O)C=C1. The van der Waals surface area contributed by atoms with Crippen LogP contribution in [0.1, 0.15) is 6.92 Å². The largest absolute Gasteiger partial charge is 0.290 e. The summed E-state index contributed by atoms with van der Waals surface area (Å²) < 4.78 is -0.395. The van der Waals surface area contributed by atoms with Gasteiger partial charge in [0.1, 0.15) is 2.14 Å². The molecule has 0 unspecified atom stereocenters. The zero-order chi connectivity index (χ0) is 9.41. The predicted octanol–water partition coefficient (Wildman–Crippen LogP) is 3.53. The van der Waals surface area contributed by atoms with Crippen molar-refractivity contribution >= 4 is 53.6 Å². The first-order valence-electron chi connectivity index (χ1n) is 3.34. The minimum absolute atomic E-state index is 0.0317. The van der Waals surface area contributed by atoms with Crippen molar-refractivity contribution in [2.75, 3.05) is 0 Å². The van der Waals surface area contributed by atoms with E-state index >= 15 is 0 Å². The second kappa shape index (κ2) is 3.39. The molecule has 1 aliphatic carbocycles. The Bertz CT molecular complexity index is 244. The van der Waals surface area contributed by atoms with Gasteiger partial charge in [0.25, 0.3) is 0 Å². The molecule has 0 bridgehead atoms. The van der Waals surface area contributed by atoms with E-state index in [1.165, 1.54) is 0 Å². The molecule has 66 valence electrons. The van der Waals surface area contributed by atoms with Gasteiger partial charge in [0.05, 0.1) is 0 Å². The average molecular weight is 359 g/mol. The first-order chi connectivity index (χ1) is 5.35. The normalized spacial score (nSPS) is 21.5. The van der Waals surface area contributed by atoms with Crippen LogP contribution in [0.3, 0.4) is 0 Å². The number of rotatable bonds is 0. The van der Waals surface area contributed by atoms with Crippen molar-refractivity contribution in [2.24, 2.45) is 5.41 Å². The van der Waals surface area contributed by atoms with Gasteiger partial charge in [0.2, 0.25) is 0 Å². The van der Waals surface area contributed by atoms with E-state index in [1.807, 2.05) is 19.1 Å².